The Morgan fingerprint density at radius 2 is 2.25 bits per heavy atom. The van der Waals surface area contributed by atoms with E-state index in [1.165, 1.54) is 16.8 Å². The number of aryl methyl sites for hydroxylation is 1. The van der Waals surface area contributed by atoms with Gasteiger partial charge in [-0.15, -0.1) is 0 Å². The monoisotopic (exact) mass is 321 g/mol. The molecule has 1 aliphatic heterocycles. The Balaban J connectivity index is 1.76. The molecule has 1 aromatic heterocycles. The maximum Gasteiger partial charge on any atom is 0.154 e. The molecule has 4 heteroatoms. The fourth-order valence-electron chi connectivity index (χ4n) is 3.97. The Morgan fingerprint density at radius 3 is 3.04 bits per heavy atom. The zero-order valence-electron chi connectivity index (χ0n) is 14.5. The number of rotatable bonds is 3. The summed E-state index contributed by atoms with van der Waals surface area (Å²) < 4.78 is 2.25. The van der Waals surface area contributed by atoms with Crippen molar-refractivity contribution in [1.82, 2.24) is 9.47 Å². The van der Waals surface area contributed by atoms with Crippen LogP contribution >= 0.6 is 0 Å². The molecular weight excluding hydrogens is 298 g/mol. The van der Waals surface area contributed by atoms with Gasteiger partial charge in [-0.05, 0) is 44.6 Å². The summed E-state index contributed by atoms with van der Waals surface area (Å²) >= 11 is 0. The van der Waals surface area contributed by atoms with E-state index in [2.05, 4.69) is 42.0 Å². The van der Waals surface area contributed by atoms with Gasteiger partial charge < -0.3 is 9.47 Å². The van der Waals surface area contributed by atoms with Gasteiger partial charge in [-0.2, -0.15) is 0 Å². The van der Waals surface area contributed by atoms with Crippen LogP contribution in [0.25, 0.3) is 11.3 Å². The lowest BCUT2D eigenvalue weighted by Crippen LogP contribution is -2.32. The van der Waals surface area contributed by atoms with Gasteiger partial charge in [0.25, 0.3) is 0 Å². The Hall–Kier alpha value is -2.20. The van der Waals surface area contributed by atoms with Gasteiger partial charge in [0.05, 0.1) is 23.6 Å². The first kappa shape index (κ1) is 15.3. The SMILES string of the molecule is CC1C2=C(C=CC1C(=O)CN(C)C)n1ccc3c1C(=CCC3)C=N2. The minimum atomic E-state index is -0.0996. The molecule has 4 rings (SSSR count). The van der Waals surface area contributed by atoms with Crippen LogP contribution in [0.3, 0.4) is 0 Å². The zero-order chi connectivity index (χ0) is 16.8. The minimum absolute atomic E-state index is 0.0903. The molecule has 0 saturated carbocycles. The largest absolute Gasteiger partial charge is 0.314 e. The van der Waals surface area contributed by atoms with Crippen LogP contribution in [0.1, 0.15) is 24.6 Å². The van der Waals surface area contributed by atoms with E-state index in [1.54, 1.807) is 0 Å². The molecule has 0 radical (unpaired) electrons. The Kier molecular flexibility index (Phi) is 3.65. The van der Waals surface area contributed by atoms with E-state index < -0.39 is 0 Å². The maximum atomic E-state index is 12.6. The summed E-state index contributed by atoms with van der Waals surface area (Å²) in [5.41, 5.74) is 5.99. The van der Waals surface area contributed by atoms with Gasteiger partial charge in [0.2, 0.25) is 0 Å². The molecule has 0 fully saturated rings. The molecule has 2 aliphatic carbocycles. The van der Waals surface area contributed by atoms with Crippen LogP contribution in [-0.2, 0) is 11.2 Å². The van der Waals surface area contributed by atoms with E-state index in [1.807, 2.05) is 25.2 Å². The number of likely N-dealkylation sites (N-methyl/N-ethyl adjacent to an activating group) is 1. The molecule has 2 atom stereocenters. The maximum absolute atomic E-state index is 12.6. The number of carbonyl (C=O) groups is 1. The highest BCUT2D eigenvalue weighted by molar-refractivity contribution is 6.12. The van der Waals surface area contributed by atoms with Crippen molar-refractivity contribution in [2.24, 2.45) is 16.8 Å². The first-order valence-electron chi connectivity index (χ1n) is 8.61. The summed E-state index contributed by atoms with van der Waals surface area (Å²) in [6, 6.07) is 2.22. The fraction of sp³-hybridized carbons (Fsp3) is 0.400. The number of hydrogen-bond acceptors (Lipinski definition) is 3. The molecule has 2 heterocycles. The third-order valence-corrected chi connectivity index (χ3v) is 5.16. The Labute approximate surface area is 142 Å². The van der Waals surface area contributed by atoms with Crippen LogP contribution < -0.4 is 0 Å². The van der Waals surface area contributed by atoms with Crippen molar-refractivity contribution < 1.29 is 4.79 Å². The lowest BCUT2D eigenvalue weighted by molar-refractivity contribution is -0.123. The van der Waals surface area contributed by atoms with Crippen LogP contribution in [0.5, 0.6) is 0 Å². The molecule has 1 aromatic rings. The van der Waals surface area contributed by atoms with Crippen molar-refractivity contribution in [1.29, 1.82) is 0 Å². The second kappa shape index (κ2) is 5.71. The molecule has 2 unspecified atom stereocenters. The number of hydrogen-bond donors (Lipinski definition) is 0. The van der Waals surface area contributed by atoms with Crippen LogP contribution in [0, 0.1) is 11.8 Å². The number of fused-ring (bicyclic) bond motifs is 1. The molecule has 124 valence electrons. The second-order valence-corrected chi connectivity index (χ2v) is 7.16. The summed E-state index contributed by atoms with van der Waals surface area (Å²) in [6.45, 7) is 2.59. The number of aliphatic imine (C=N–C) groups is 1. The number of nitrogens with zero attached hydrogens (tertiary/aromatic N) is 3. The number of allylic oxidation sites excluding steroid dienone is 6. The van der Waals surface area contributed by atoms with Gasteiger partial charge in [0.15, 0.2) is 5.78 Å². The van der Waals surface area contributed by atoms with Crippen molar-refractivity contribution in [3.8, 4) is 0 Å². The summed E-state index contributed by atoms with van der Waals surface area (Å²) in [6.07, 6.45) is 12.7. The first-order valence-corrected chi connectivity index (χ1v) is 8.61. The highest BCUT2D eigenvalue weighted by Gasteiger charge is 2.32. The van der Waals surface area contributed by atoms with E-state index in [0.29, 0.717) is 6.54 Å². The number of aromatic nitrogens is 1. The third-order valence-electron chi connectivity index (χ3n) is 5.16. The average Bonchev–Trinajstić information content (AvgIpc) is 2.89. The molecule has 0 amide bonds. The second-order valence-electron chi connectivity index (χ2n) is 7.16. The summed E-state index contributed by atoms with van der Waals surface area (Å²) in [5.74, 6) is 0.244. The minimum Gasteiger partial charge on any atom is -0.314 e. The van der Waals surface area contributed by atoms with Gasteiger partial charge in [0.1, 0.15) is 0 Å². The van der Waals surface area contributed by atoms with E-state index in [9.17, 15) is 4.79 Å². The topological polar surface area (TPSA) is 37.6 Å². The van der Waals surface area contributed by atoms with Crippen molar-refractivity contribution in [2.75, 3.05) is 20.6 Å². The highest BCUT2D eigenvalue weighted by atomic mass is 16.1. The lowest BCUT2D eigenvalue weighted by atomic mass is 9.83. The predicted octanol–water partition coefficient (Wildman–Crippen LogP) is 3.02. The standard InChI is InChI=1S/C20H23N3O/c1-13-16(18(24)12-22(2)3)7-8-17-19(13)21-11-15-6-4-5-14-9-10-23(17)20(14)15/h6-11,13,16H,4-5,12H2,1-3H3. The van der Waals surface area contributed by atoms with Gasteiger partial charge in [-0.25, -0.2) is 0 Å². The molecule has 3 aliphatic rings. The lowest BCUT2D eigenvalue weighted by Gasteiger charge is -2.27. The van der Waals surface area contributed by atoms with E-state index in [0.717, 1.165) is 24.2 Å². The van der Waals surface area contributed by atoms with Crippen LogP contribution in [0.15, 0.2) is 41.2 Å². The van der Waals surface area contributed by atoms with Gasteiger partial charge in [-0.3, -0.25) is 9.79 Å². The van der Waals surface area contributed by atoms with Crippen molar-refractivity contribution in [3.05, 3.63) is 47.4 Å². The molecule has 4 nitrogen and oxygen atoms in total. The van der Waals surface area contributed by atoms with Crippen LogP contribution in [0.2, 0.25) is 0 Å². The van der Waals surface area contributed by atoms with Crippen molar-refractivity contribution in [3.63, 3.8) is 0 Å². The van der Waals surface area contributed by atoms with Crippen molar-refractivity contribution >= 4 is 23.3 Å². The molecule has 0 aromatic carbocycles. The predicted molar refractivity (Wildman–Crippen MR) is 97.8 cm³/mol. The molecule has 0 spiro atoms. The zero-order valence-corrected chi connectivity index (χ0v) is 14.5. The number of Topliss-reactive ketones (excluding diaryl/α,β-unsaturated/α-hetero) is 1. The Morgan fingerprint density at radius 1 is 1.42 bits per heavy atom. The molecular formula is C20H23N3O. The van der Waals surface area contributed by atoms with E-state index in [-0.39, 0.29) is 17.6 Å². The average molecular weight is 321 g/mol. The van der Waals surface area contributed by atoms with Crippen molar-refractivity contribution in [2.45, 2.75) is 19.8 Å². The smallest absolute Gasteiger partial charge is 0.154 e. The summed E-state index contributed by atoms with van der Waals surface area (Å²) in [5, 5.41) is 0. The van der Waals surface area contributed by atoms with E-state index in [4.69, 9.17) is 4.99 Å². The molecule has 24 heavy (non-hydrogen) atoms. The summed E-state index contributed by atoms with van der Waals surface area (Å²) in [4.78, 5) is 19.3. The Bertz CT molecular complexity index is 820. The molecule has 0 bridgehead atoms. The number of ketones is 1. The van der Waals surface area contributed by atoms with Gasteiger partial charge in [0, 0.05) is 29.8 Å². The summed E-state index contributed by atoms with van der Waals surface area (Å²) in [7, 11) is 3.87. The van der Waals surface area contributed by atoms with Gasteiger partial charge >= 0.3 is 0 Å². The fourth-order valence-corrected chi connectivity index (χ4v) is 3.97. The number of carbonyl (C=O) groups excluding carboxylic acids is 1. The first-order chi connectivity index (χ1) is 11.6. The molecule has 0 saturated heterocycles. The highest BCUT2D eigenvalue weighted by Crippen LogP contribution is 2.39. The normalized spacial score (nSPS) is 24.6. The van der Waals surface area contributed by atoms with Crippen LogP contribution in [-0.4, -0.2) is 42.1 Å². The van der Waals surface area contributed by atoms with Crippen LogP contribution in [0.4, 0.5) is 0 Å². The third kappa shape index (κ3) is 2.33. The quantitative estimate of drug-likeness (QED) is 0.858. The molecule has 0 N–H and O–H groups in total. The van der Waals surface area contributed by atoms with Gasteiger partial charge in [-0.1, -0.05) is 19.1 Å². The van der Waals surface area contributed by atoms with E-state index >= 15 is 0 Å².